The van der Waals surface area contributed by atoms with Crippen molar-refractivity contribution in [2.45, 2.75) is 18.9 Å². The van der Waals surface area contributed by atoms with Crippen molar-refractivity contribution in [2.24, 2.45) is 5.92 Å². The summed E-state index contributed by atoms with van der Waals surface area (Å²) in [5.74, 6) is -0.638. The fourth-order valence-electron chi connectivity index (χ4n) is 3.99. The fraction of sp³-hybridized carbons (Fsp3) is 0.316. The number of nitrogens with zero attached hydrogens (tertiary/aromatic N) is 2. The molecule has 2 aromatic rings. The number of hydrogen-bond acceptors (Lipinski definition) is 3. The van der Waals surface area contributed by atoms with Gasteiger partial charge in [-0.05, 0) is 36.6 Å². The normalized spacial score (nSPS) is 21.0. The molecule has 0 radical (unpaired) electrons. The first-order valence-electron chi connectivity index (χ1n) is 8.60. The van der Waals surface area contributed by atoms with Gasteiger partial charge >= 0.3 is 12.0 Å². The smallest absolute Gasteiger partial charge is 0.335 e. The molecule has 26 heavy (non-hydrogen) atoms. The molecular formula is C19H19N3O4. The second-order valence-corrected chi connectivity index (χ2v) is 6.92. The van der Waals surface area contributed by atoms with Crippen LogP contribution in [0.4, 0.5) is 10.5 Å². The van der Waals surface area contributed by atoms with E-state index in [0.29, 0.717) is 25.3 Å². The Bertz CT molecular complexity index is 936. The molecule has 0 saturated carbocycles. The minimum Gasteiger partial charge on any atom is -0.478 e. The molecule has 2 atom stereocenters. The Balaban J connectivity index is 1.52. The lowest BCUT2D eigenvalue weighted by Gasteiger charge is -2.42. The molecule has 1 saturated heterocycles. The molecule has 2 aliphatic heterocycles. The zero-order valence-corrected chi connectivity index (χ0v) is 14.1. The van der Waals surface area contributed by atoms with Gasteiger partial charge in [0.15, 0.2) is 0 Å². The number of anilines is 1. The zero-order chi connectivity index (χ0) is 18.3. The molecule has 2 bridgehead atoms. The van der Waals surface area contributed by atoms with Crippen molar-refractivity contribution < 1.29 is 14.7 Å². The first-order chi connectivity index (χ1) is 12.5. The number of aromatic nitrogens is 1. The molecule has 1 fully saturated rings. The highest BCUT2D eigenvalue weighted by atomic mass is 16.4. The number of carboxylic acids is 1. The van der Waals surface area contributed by atoms with E-state index in [4.69, 9.17) is 5.11 Å². The van der Waals surface area contributed by atoms with E-state index in [9.17, 15) is 14.4 Å². The Morgan fingerprint density at radius 2 is 1.88 bits per heavy atom. The highest BCUT2D eigenvalue weighted by Gasteiger charge is 2.36. The Morgan fingerprint density at radius 3 is 2.69 bits per heavy atom. The van der Waals surface area contributed by atoms with Crippen molar-refractivity contribution in [2.75, 3.05) is 18.4 Å². The van der Waals surface area contributed by atoms with Crippen molar-refractivity contribution in [1.82, 2.24) is 9.47 Å². The second kappa shape index (κ2) is 6.33. The number of rotatable bonds is 2. The fourth-order valence-corrected chi connectivity index (χ4v) is 3.99. The van der Waals surface area contributed by atoms with Gasteiger partial charge in [0.1, 0.15) is 0 Å². The number of likely N-dealkylation sites (tertiary alicyclic amines) is 1. The number of urea groups is 1. The second-order valence-electron chi connectivity index (χ2n) is 6.92. The number of pyridine rings is 1. The Morgan fingerprint density at radius 1 is 1.08 bits per heavy atom. The molecule has 1 aromatic heterocycles. The molecule has 0 unspecified atom stereocenters. The number of carbonyl (C=O) groups is 2. The van der Waals surface area contributed by atoms with Gasteiger partial charge in [0.2, 0.25) is 0 Å². The molecule has 3 heterocycles. The van der Waals surface area contributed by atoms with Gasteiger partial charge in [-0.15, -0.1) is 0 Å². The van der Waals surface area contributed by atoms with Crippen molar-refractivity contribution in [1.29, 1.82) is 0 Å². The minimum absolute atomic E-state index is 0.0144. The summed E-state index contributed by atoms with van der Waals surface area (Å²) in [7, 11) is 0. The van der Waals surface area contributed by atoms with E-state index >= 15 is 0 Å². The SMILES string of the molecule is O=C(O)c1cccc(NC(=O)N2C[C@@H]3C[C@@H](C2)c2cccc(=O)n2C3)c1. The molecule has 2 N–H and O–H groups in total. The van der Waals surface area contributed by atoms with Gasteiger partial charge < -0.3 is 19.9 Å². The Hall–Kier alpha value is -3.09. The first kappa shape index (κ1) is 16.4. The van der Waals surface area contributed by atoms with Gasteiger partial charge in [0, 0.05) is 43.0 Å². The molecule has 7 nitrogen and oxygen atoms in total. The summed E-state index contributed by atoms with van der Waals surface area (Å²) in [6, 6.07) is 11.3. The summed E-state index contributed by atoms with van der Waals surface area (Å²) in [6.45, 7) is 1.76. The number of nitrogens with one attached hydrogen (secondary N) is 1. The minimum atomic E-state index is -1.03. The number of piperidine rings is 1. The monoisotopic (exact) mass is 353 g/mol. The Labute approximate surface area is 149 Å². The van der Waals surface area contributed by atoms with E-state index in [0.717, 1.165) is 12.1 Å². The van der Waals surface area contributed by atoms with Gasteiger partial charge in [-0.25, -0.2) is 9.59 Å². The lowest BCUT2D eigenvalue weighted by Crippen LogP contribution is -2.50. The van der Waals surface area contributed by atoms with E-state index in [2.05, 4.69) is 5.32 Å². The van der Waals surface area contributed by atoms with Gasteiger partial charge in [0.25, 0.3) is 5.56 Å². The third-order valence-electron chi connectivity index (χ3n) is 5.13. The van der Waals surface area contributed by atoms with Gasteiger partial charge in [0.05, 0.1) is 5.56 Å². The van der Waals surface area contributed by atoms with Crippen LogP contribution < -0.4 is 10.9 Å². The average Bonchev–Trinajstić information content (AvgIpc) is 2.62. The molecule has 2 aliphatic rings. The number of amides is 2. The zero-order valence-electron chi connectivity index (χ0n) is 14.1. The quantitative estimate of drug-likeness (QED) is 0.866. The molecule has 0 spiro atoms. The highest BCUT2D eigenvalue weighted by molar-refractivity contribution is 5.93. The van der Waals surface area contributed by atoms with Gasteiger partial charge in [-0.2, -0.15) is 0 Å². The van der Waals surface area contributed by atoms with Crippen molar-refractivity contribution in [3.05, 3.63) is 64.1 Å². The molecule has 134 valence electrons. The predicted octanol–water partition coefficient (Wildman–Crippen LogP) is 2.20. The lowest BCUT2D eigenvalue weighted by atomic mass is 9.83. The summed E-state index contributed by atoms with van der Waals surface area (Å²) < 4.78 is 1.82. The maximum absolute atomic E-state index is 12.7. The summed E-state index contributed by atoms with van der Waals surface area (Å²) in [5, 5.41) is 11.9. The number of hydrogen-bond donors (Lipinski definition) is 2. The van der Waals surface area contributed by atoms with Crippen molar-refractivity contribution in [3.63, 3.8) is 0 Å². The lowest BCUT2D eigenvalue weighted by molar-refractivity contribution is 0.0697. The Kier molecular flexibility index (Phi) is 3.99. The van der Waals surface area contributed by atoms with Crippen LogP contribution in [0.25, 0.3) is 0 Å². The van der Waals surface area contributed by atoms with Crippen LogP contribution in [-0.4, -0.2) is 39.7 Å². The standard InChI is InChI=1S/C19H19N3O4/c23-17-6-2-5-16-14-7-12(10-22(16)17)9-21(11-14)19(26)20-15-4-1-3-13(8-15)18(24)25/h1-6,8,12,14H,7,9-11H2,(H,20,26)(H,24,25)/t12-,14-/m0/s1. The van der Waals surface area contributed by atoms with Crippen molar-refractivity contribution >= 4 is 17.7 Å². The van der Waals surface area contributed by atoms with E-state index in [1.54, 1.807) is 29.2 Å². The van der Waals surface area contributed by atoms with Crippen LogP contribution in [0.2, 0.25) is 0 Å². The van der Waals surface area contributed by atoms with E-state index in [1.165, 1.54) is 12.1 Å². The van der Waals surface area contributed by atoms with Crippen LogP contribution in [0.15, 0.2) is 47.3 Å². The third kappa shape index (κ3) is 2.96. The van der Waals surface area contributed by atoms with Crippen LogP contribution >= 0.6 is 0 Å². The van der Waals surface area contributed by atoms with E-state index < -0.39 is 5.97 Å². The topological polar surface area (TPSA) is 91.6 Å². The van der Waals surface area contributed by atoms with E-state index in [-0.39, 0.29) is 29.0 Å². The van der Waals surface area contributed by atoms with Crippen LogP contribution in [0.3, 0.4) is 0 Å². The number of carbonyl (C=O) groups excluding carboxylic acids is 1. The molecular weight excluding hydrogens is 334 g/mol. The molecule has 0 aliphatic carbocycles. The summed E-state index contributed by atoms with van der Waals surface area (Å²) >= 11 is 0. The van der Waals surface area contributed by atoms with Gasteiger partial charge in [-0.1, -0.05) is 12.1 Å². The maximum atomic E-state index is 12.7. The summed E-state index contributed by atoms with van der Waals surface area (Å²) in [5.41, 5.74) is 1.59. The number of aromatic carboxylic acids is 1. The predicted molar refractivity (Wildman–Crippen MR) is 95.5 cm³/mol. The van der Waals surface area contributed by atoms with Crippen LogP contribution in [0, 0.1) is 5.92 Å². The van der Waals surface area contributed by atoms with Gasteiger partial charge in [-0.3, -0.25) is 4.79 Å². The summed E-state index contributed by atoms with van der Waals surface area (Å²) in [6.07, 6.45) is 0.974. The highest BCUT2D eigenvalue weighted by Crippen LogP contribution is 2.35. The van der Waals surface area contributed by atoms with Crippen LogP contribution in [-0.2, 0) is 6.54 Å². The molecule has 1 aromatic carbocycles. The summed E-state index contributed by atoms with van der Waals surface area (Å²) in [4.78, 5) is 37.5. The maximum Gasteiger partial charge on any atom is 0.335 e. The molecule has 7 heteroatoms. The number of fused-ring (bicyclic) bond motifs is 4. The van der Waals surface area contributed by atoms with E-state index in [1.807, 2.05) is 10.6 Å². The van der Waals surface area contributed by atoms with Crippen LogP contribution in [0.5, 0.6) is 0 Å². The largest absolute Gasteiger partial charge is 0.478 e. The van der Waals surface area contributed by atoms with Crippen LogP contribution in [0.1, 0.15) is 28.4 Å². The molecule has 4 rings (SSSR count). The molecule has 2 amide bonds. The number of benzene rings is 1. The first-order valence-corrected chi connectivity index (χ1v) is 8.60. The third-order valence-corrected chi connectivity index (χ3v) is 5.13. The average molecular weight is 353 g/mol. The number of carboxylic acid groups (broad SMARTS) is 1. The van der Waals surface area contributed by atoms with Crippen molar-refractivity contribution in [3.8, 4) is 0 Å².